The molecule has 0 unspecified atom stereocenters. The Balaban J connectivity index is 2.25. The van der Waals surface area contributed by atoms with Gasteiger partial charge < -0.3 is 5.73 Å². The van der Waals surface area contributed by atoms with Gasteiger partial charge in [-0.1, -0.05) is 12.1 Å². The molecule has 0 saturated carbocycles. The second kappa shape index (κ2) is 5.59. The highest BCUT2D eigenvalue weighted by atomic mass is 32.2. The number of nitrogens with zero attached hydrogens (tertiary/aromatic N) is 2. The Morgan fingerprint density at radius 3 is 2.55 bits per heavy atom. The molecule has 20 heavy (non-hydrogen) atoms. The number of nitrogens with one attached hydrogen (secondary N) is 1. The molecule has 0 atom stereocenters. The summed E-state index contributed by atoms with van der Waals surface area (Å²) in [6.45, 7) is 0. The second-order valence-corrected chi connectivity index (χ2v) is 5.63. The lowest BCUT2D eigenvalue weighted by Crippen LogP contribution is -2.16. The number of rotatable bonds is 4. The highest BCUT2D eigenvalue weighted by molar-refractivity contribution is 7.92. The van der Waals surface area contributed by atoms with Gasteiger partial charge in [0.1, 0.15) is 0 Å². The lowest BCUT2D eigenvalue weighted by molar-refractivity contribution is 0.598. The standard InChI is InChI=1S/C13H12N4O2S/c14-8-7-10-3-5-11(6-4-10)17-20(18,19)13-12(15)2-1-9-16-13/h1-6,9,17H,7,15H2. The molecule has 0 radical (unpaired) electrons. The summed E-state index contributed by atoms with van der Waals surface area (Å²) in [7, 11) is -3.82. The molecule has 1 aromatic heterocycles. The van der Waals surface area contributed by atoms with Gasteiger partial charge in [-0.2, -0.15) is 13.7 Å². The first kappa shape index (κ1) is 13.8. The number of benzene rings is 1. The van der Waals surface area contributed by atoms with Gasteiger partial charge in [0.2, 0.25) is 0 Å². The van der Waals surface area contributed by atoms with E-state index in [1.54, 1.807) is 30.3 Å². The normalized spacial score (nSPS) is 10.8. The zero-order valence-corrected chi connectivity index (χ0v) is 11.3. The van der Waals surface area contributed by atoms with E-state index >= 15 is 0 Å². The van der Waals surface area contributed by atoms with Crippen LogP contribution in [0.5, 0.6) is 0 Å². The number of nitriles is 1. The van der Waals surface area contributed by atoms with Crippen molar-refractivity contribution in [1.29, 1.82) is 5.26 Å². The van der Waals surface area contributed by atoms with E-state index in [0.29, 0.717) is 5.69 Å². The predicted molar refractivity (Wildman–Crippen MR) is 75.2 cm³/mol. The first-order chi connectivity index (χ1) is 9.53. The number of sulfonamides is 1. The first-order valence-corrected chi connectivity index (χ1v) is 7.20. The molecule has 0 bridgehead atoms. The van der Waals surface area contributed by atoms with Gasteiger partial charge in [0, 0.05) is 11.9 Å². The Hall–Kier alpha value is -2.59. The molecular weight excluding hydrogens is 276 g/mol. The molecular formula is C13H12N4O2S. The summed E-state index contributed by atoms with van der Waals surface area (Å²) in [6, 6.07) is 11.6. The van der Waals surface area contributed by atoms with Crippen LogP contribution >= 0.6 is 0 Å². The van der Waals surface area contributed by atoms with Crippen molar-refractivity contribution >= 4 is 21.4 Å². The van der Waals surface area contributed by atoms with Gasteiger partial charge in [-0.3, -0.25) is 4.72 Å². The quantitative estimate of drug-likeness (QED) is 0.886. The fourth-order valence-corrected chi connectivity index (χ4v) is 2.73. The Kier molecular flexibility index (Phi) is 3.86. The van der Waals surface area contributed by atoms with Crippen LogP contribution in [0, 0.1) is 11.3 Å². The maximum absolute atomic E-state index is 12.1. The van der Waals surface area contributed by atoms with Crippen LogP contribution in [0.2, 0.25) is 0 Å². The van der Waals surface area contributed by atoms with Crippen LogP contribution in [0.3, 0.4) is 0 Å². The van der Waals surface area contributed by atoms with E-state index < -0.39 is 10.0 Å². The van der Waals surface area contributed by atoms with E-state index in [2.05, 4.69) is 9.71 Å². The number of hydrogen-bond acceptors (Lipinski definition) is 5. The average Bonchev–Trinajstić information content (AvgIpc) is 2.41. The van der Waals surface area contributed by atoms with E-state index in [0.717, 1.165) is 5.56 Å². The SMILES string of the molecule is N#CCc1ccc(NS(=O)(=O)c2ncccc2N)cc1. The molecule has 2 aromatic rings. The van der Waals surface area contributed by atoms with Crippen molar-refractivity contribution in [1.82, 2.24) is 4.98 Å². The number of nitrogens with two attached hydrogens (primary N) is 1. The third-order valence-corrected chi connectivity index (χ3v) is 3.90. The highest BCUT2D eigenvalue weighted by Gasteiger charge is 2.18. The third-order valence-electron chi connectivity index (χ3n) is 2.54. The molecule has 7 heteroatoms. The van der Waals surface area contributed by atoms with Crippen LogP contribution in [0.4, 0.5) is 11.4 Å². The predicted octanol–water partition coefficient (Wildman–Crippen LogP) is 1.53. The number of hydrogen-bond donors (Lipinski definition) is 2. The molecule has 0 saturated heterocycles. The maximum atomic E-state index is 12.1. The molecule has 0 aliphatic carbocycles. The third kappa shape index (κ3) is 3.05. The van der Waals surface area contributed by atoms with Crippen LogP contribution in [0.25, 0.3) is 0 Å². The molecule has 1 aromatic carbocycles. The first-order valence-electron chi connectivity index (χ1n) is 5.72. The van der Waals surface area contributed by atoms with Gasteiger partial charge in [0.15, 0.2) is 5.03 Å². The Bertz CT molecular complexity index is 749. The zero-order chi connectivity index (χ0) is 14.6. The summed E-state index contributed by atoms with van der Waals surface area (Å²) < 4.78 is 26.6. The van der Waals surface area contributed by atoms with E-state index in [1.165, 1.54) is 12.3 Å². The van der Waals surface area contributed by atoms with Gasteiger partial charge in [-0.05, 0) is 29.8 Å². The van der Waals surface area contributed by atoms with Gasteiger partial charge in [-0.15, -0.1) is 0 Å². The molecule has 0 aliphatic heterocycles. The number of nitrogen functional groups attached to an aromatic ring is 1. The molecule has 0 spiro atoms. The van der Waals surface area contributed by atoms with Crippen molar-refractivity contribution in [3.63, 3.8) is 0 Å². The van der Waals surface area contributed by atoms with Crippen molar-refractivity contribution in [2.75, 3.05) is 10.5 Å². The Morgan fingerprint density at radius 2 is 1.95 bits per heavy atom. The molecule has 102 valence electrons. The summed E-state index contributed by atoms with van der Waals surface area (Å²) >= 11 is 0. The van der Waals surface area contributed by atoms with E-state index in [1.807, 2.05) is 6.07 Å². The van der Waals surface area contributed by atoms with Crippen molar-refractivity contribution in [3.8, 4) is 6.07 Å². The molecule has 3 N–H and O–H groups in total. The molecule has 0 aliphatic rings. The van der Waals surface area contributed by atoms with E-state index in [4.69, 9.17) is 11.0 Å². The minimum absolute atomic E-state index is 0.0844. The Morgan fingerprint density at radius 1 is 1.25 bits per heavy atom. The second-order valence-electron chi connectivity index (χ2n) is 4.04. The lowest BCUT2D eigenvalue weighted by Gasteiger charge is -2.09. The molecule has 2 rings (SSSR count). The van der Waals surface area contributed by atoms with Crippen LogP contribution < -0.4 is 10.5 Å². The van der Waals surface area contributed by atoms with Crippen LogP contribution in [-0.4, -0.2) is 13.4 Å². The largest absolute Gasteiger partial charge is 0.396 e. The number of anilines is 2. The van der Waals surface area contributed by atoms with Gasteiger partial charge >= 0.3 is 0 Å². The molecule has 0 amide bonds. The van der Waals surface area contributed by atoms with E-state index in [9.17, 15) is 8.42 Å². The fourth-order valence-electron chi connectivity index (χ4n) is 1.61. The summed E-state index contributed by atoms with van der Waals surface area (Å²) in [5.41, 5.74) is 6.89. The fraction of sp³-hybridized carbons (Fsp3) is 0.0769. The van der Waals surface area contributed by atoms with Crippen LogP contribution in [0.1, 0.15) is 5.56 Å². The highest BCUT2D eigenvalue weighted by Crippen LogP contribution is 2.19. The number of pyridine rings is 1. The monoisotopic (exact) mass is 288 g/mol. The average molecular weight is 288 g/mol. The van der Waals surface area contributed by atoms with Crippen molar-refractivity contribution in [2.45, 2.75) is 11.4 Å². The molecule has 0 fully saturated rings. The minimum Gasteiger partial charge on any atom is -0.396 e. The lowest BCUT2D eigenvalue weighted by atomic mass is 10.1. The van der Waals surface area contributed by atoms with Gasteiger partial charge in [0.25, 0.3) is 10.0 Å². The maximum Gasteiger partial charge on any atom is 0.281 e. The number of aromatic nitrogens is 1. The van der Waals surface area contributed by atoms with Crippen molar-refractivity contribution in [2.24, 2.45) is 0 Å². The topological polar surface area (TPSA) is 109 Å². The minimum atomic E-state index is -3.82. The van der Waals surface area contributed by atoms with Crippen molar-refractivity contribution in [3.05, 3.63) is 48.2 Å². The van der Waals surface area contributed by atoms with Crippen molar-refractivity contribution < 1.29 is 8.42 Å². The summed E-state index contributed by atoms with van der Waals surface area (Å²) in [5, 5.41) is 8.36. The van der Waals surface area contributed by atoms with Crippen LogP contribution in [0.15, 0.2) is 47.6 Å². The molecule has 6 nitrogen and oxygen atoms in total. The Labute approximate surface area is 116 Å². The van der Waals surface area contributed by atoms with E-state index in [-0.39, 0.29) is 17.1 Å². The smallest absolute Gasteiger partial charge is 0.281 e. The van der Waals surface area contributed by atoms with Crippen LogP contribution in [-0.2, 0) is 16.4 Å². The zero-order valence-electron chi connectivity index (χ0n) is 10.4. The summed E-state index contributed by atoms with van der Waals surface area (Å²) in [6.07, 6.45) is 1.64. The molecule has 1 heterocycles. The summed E-state index contributed by atoms with van der Waals surface area (Å²) in [5.74, 6) is 0. The van der Waals surface area contributed by atoms with Gasteiger partial charge in [-0.25, -0.2) is 4.98 Å². The summed E-state index contributed by atoms with van der Waals surface area (Å²) in [4.78, 5) is 3.77. The van der Waals surface area contributed by atoms with Gasteiger partial charge in [0.05, 0.1) is 18.2 Å².